The Morgan fingerprint density at radius 3 is 2.65 bits per heavy atom. The van der Waals surface area contributed by atoms with Crippen LogP contribution in [0.1, 0.15) is 52.1 Å². The van der Waals surface area contributed by atoms with Crippen LogP contribution in [0, 0.1) is 5.92 Å². The molecule has 0 aliphatic carbocycles. The Morgan fingerprint density at radius 1 is 1.24 bits per heavy atom. The number of hydrogen-bond donors (Lipinski definition) is 1. The van der Waals surface area contributed by atoms with Gasteiger partial charge in [-0.3, -0.25) is 4.68 Å². The zero-order valence-electron chi connectivity index (χ0n) is 11.3. The average molecular weight is 255 g/mol. The lowest BCUT2D eigenvalue weighted by Crippen LogP contribution is -1.99. The number of thiol groups is 1. The molecule has 1 aromatic rings. The molecular formula is C13H25N3S. The Labute approximate surface area is 110 Å². The van der Waals surface area contributed by atoms with Crippen LogP contribution in [0.4, 0.5) is 0 Å². The molecule has 3 nitrogen and oxygen atoms in total. The maximum Gasteiger partial charge on any atom is 0.0829 e. The van der Waals surface area contributed by atoms with Crippen molar-refractivity contribution >= 4 is 12.6 Å². The van der Waals surface area contributed by atoms with Crippen LogP contribution < -0.4 is 0 Å². The summed E-state index contributed by atoms with van der Waals surface area (Å²) in [4.78, 5) is 0. The van der Waals surface area contributed by atoms with E-state index in [0.29, 0.717) is 11.2 Å². The lowest BCUT2D eigenvalue weighted by atomic mass is 10.1. The Kier molecular flexibility index (Phi) is 6.63. The fourth-order valence-corrected chi connectivity index (χ4v) is 2.03. The third-order valence-electron chi connectivity index (χ3n) is 2.71. The number of aromatic nitrogens is 3. The Morgan fingerprint density at radius 2 is 2.00 bits per heavy atom. The van der Waals surface area contributed by atoms with E-state index in [1.807, 2.05) is 4.68 Å². The fraction of sp³-hybridized carbons (Fsp3) is 0.846. The fourth-order valence-electron chi connectivity index (χ4n) is 1.85. The standard InChI is InChI=1S/C13H25N3S/c1-11(2)9-13-10-16(15-14-13)8-6-4-5-7-12(3)17/h10-12,17H,4-9H2,1-3H3. The van der Waals surface area contributed by atoms with E-state index in [4.69, 9.17) is 0 Å². The molecule has 0 aromatic carbocycles. The van der Waals surface area contributed by atoms with Crippen LogP contribution in [0.5, 0.6) is 0 Å². The van der Waals surface area contributed by atoms with E-state index in [9.17, 15) is 0 Å². The normalized spacial score (nSPS) is 13.2. The zero-order valence-corrected chi connectivity index (χ0v) is 12.2. The predicted octanol–water partition coefficient (Wildman–Crippen LogP) is 3.36. The van der Waals surface area contributed by atoms with Gasteiger partial charge in [-0.15, -0.1) is 5.10 Å². The van der Waals surface area contributed by atoms with Crippen molar-refractivity contribution in [2.75, 3.05) is 0 Å². The summed E-state index contributed by atoms with van der Waals surface area (Å²) in [5, 5.41) is 8.86. The predicted molar refractivity (Wildman–Crippen MR) is 75.5 cm³/mol. The molecule has 0 saturated carbocycles. The van der Waals surface area contributed by atoms with Gasteiger partial charge in [-0.25, -0.2) is 0 Å². The second-order valence-electron chi connectivity index (χ2n) is 5.27. The molecule has 0 radical (unpaired) electrons. The summed E-state index contributed by atoms with van der Waals surface area (Å²) < 4.78 is 1.97. The van der Waals surface area contributed by atoms with E-state index in [1.165, 1.54) is 25.7 Å². The maximum absolute atomic E-state index is 4.38. The zero-order chi connectivity index (χ0) is 12.7. The van der Waals surface area contributed by atoms with E-state index < -0.39 is 0 Å². The van der Waals surface area contributed by atoms with Crippen molar-refractivity contribution < 1.29 is 0 Å². The molecule has 1 atom stereocenters. The van der Waals surface area contributed by atoms with Crippen LogP contribution in [0.3, 0.4) is 0 Å². The van der Waals surface area contributed by atoms with Crippen LogP contribution in [0.15, 0.2) is 6.20 Å². The summed E-state index contributed by atoms with van der Waals surface area (Å²) in [6, 6.07) is 0. The van der Waals surface area contributed by atoms with Crippen molar-refractivity contribution in [3.63, 3.8) is 0 Å². The first-order chi connectivity index (χ1) is 8.08. The second-order valence-corrected chi connectivity index (χ2v) is 6.15. The van der Waals surface area contributed by atoms with E-state index in [1.54, 1.807) is 0 Å². The Hall–Kier alpha value is -0.510. The number of hydrogen-bond acceptors (Lipinski definition) is 3. The maximum atomic E-state index is 4.38. The molecule has 1 unspecified atom stereocenters. The molecule has 0 bridgehead atoms. The van der Waals surface area contributed by atoms with Crippen molar-refractivity contribution in [1.29, 1.82) is 0 Å². The van der Waals surface area contributed by atoms with Gasteiger partial charge < -0.3 is 0 Å². The highest BCUT2D eigenvalue weighted by atomic mass is 32.1. The molecule has 0 aliphatic heterocycles. The molecule has 0 N–H and O–H groups in total. The molecule has 0 aliphatic rings. The number of nitrogens with zero attached hydrogens (tertiary/aromatic N) is 3. The van der Waals surface area contributed by atoms with Gasteiger partial charge in [-0.05, 0) is 30.4 Å². The van der Waals surface area contributed by atoms with Gasteiger partial charge in [0, 0.05) is 12.7 Å². The van der Waals surface area contributed by atoms with Crippen LogP contribution in [0.2, 0.25) is 0 Å². The highest BCUT2D eigenvalue weighted by Crippen LogP contribution is 2.09. The highest BCUT2D eigenvalue weighted by molar-refractivity contribution is 7.80. The lowest BCUT2D eigenvalue weighted by molar-refractivity contribution is 0.522. The van der Waals surface area contributed by atoms with Crippen molar-refractivity contribution in [3.05, 3.63) is 11.9 Å². The summed E-state index contributed by atoms with van der Waals surface area (Å²) in [6.07, 6.45) is 8.02. The summed E-state index contributed by atoms with van der Waals surface area (Å²) in [5.41, 5.74) is 1.11. The van der Waals surface area contributed by atoms with Gasteiger partial charge in [0.25, 0.3) is 0 Å². The van der Waals surface area contributed by atoms with Crippen LogP contribution in [0.25, 0.3) is 0 Å². The van der Waals surface area contributed by atoms with Crippen molar-refractivity contribution in [2.45, 2.75) is 64.7 Å². The number of aryl methyl sites for hydroxylation is 1. The van der Waals surface area contributed by atoms with E-state index >= 15 is 0 Å². The van der Waals surface area contributed by atoms with Gasteiger partial charge >= 0.3 is 0 Å². The first-order valence-electron chi connectivity index (χ1n) is 6.65. The topological polar surface area (TPSA) is 30.7 Å². The molecule has 1 rings (SSSR count). The molecule has 0 spiro atoms. The largest absolute Gasteiger partial charge is 0.252 e. The van der Waals surface area contributed by atoms with Crippen molar-refractivity contribution in [3.8, 4) is 0 Å². The van der Waals surface area contributed by atoms with Gasteiger partial charge in [0.05, 0.1) is 5.69 Å². The third-order valence-corrected chi connectivity index (χ3v) is 2.97. The van der Waals surface area contributed by atoms with Gasteiger partial charge in [0.1, 0.15) is 0 Å². The summed E-state index contributed by atoms with van der Waals surface area (Å²) in [5.74, 6) is 0.650. The molecule has 0 saturated heterocycles. The van der Waals surface area contributed by atoms with Crippen LogP contribution in [-0.4, -0.2) is 20.2 Å². The van der Waals surface area contributed by atoms with Crippen LogP contribution >= 0.6 is 12.6 Å². The molecule has 17 heavy (non-hydrogen) atoms. The van der Waals surface area contributed by atoms with Gasteiger partial charge in [0.15, 0.2) is 0 Å². The third kappa shape index (κ3) is 6.71. The van der Waals surface area contributed by atoms with Gasteiger partial charge in [-0.1, -0.05) is 38.8 Å². The van der Waals surface area contributed by atoms with Crippen LogP contribution in [-0.2, 0) is 13.0 Å². The summed E-state index contributed by atoms with van der Waals surface area (Å²) in [7, 11) is 0. The van der Waals surface area contributed by atoms with Gasteiger partial charge in [0.2, 0.25) is 0 Å². The van der Waals surface area contributed by atoms with E-state index in [-0.39, 0.29) is 0 Å². The molecule has 0 amide bonds. The SMILES string of the molecule is CC(C)Cc1cn(CCCCCC(C)S)nn1. The molecule has 98 valence electrons. The first-order valence-corrected chi connectivity index (χ1v) is 7.16. The number of unbranched alkanes of at least 4 members (excludes halogenated alkanes) is 2. The summed E-state index contributed by atoms with van der Waals surface area (Å²) >= 11 is 4.38. The van der Waals surface area contributed by atoms with Gasteiger partial charge in [-0.2, -0.15) is 12.6 Å². The Balaban J connectivity index is 2.16. The van der Waals surface area contributed by atoms with E-state index in [0.717, 1.165) is 18.7 Å². The molecular weight excluding hydrogens is 230 g/mol. The minimum Gasteiger partial charge on any atom is -0.252 e. The first kappa shape index (κ1) is 14.6. The second kappa shape index (κ2) is 7.75. The molecule has 1 aromatic heterocycles. The number of rotatable bonds is 8. The van der Waals surface area contributed by atoms with Crippen molar-refractivity contribution in [2.24, 2.45) is 5.92 Å². The lowest BCUT2D eigenvalue weighted by Gasteiger charge is -2.03. The molecule has 4 heteroatoms. The highest BCUT2D eigenvalue weighted by Gasteiger charge is 2.03. The molecule has 0 fully saturated rings. The average Bonchev–Trinajstić information content (AvgIpc) is 2.63. The quantitative estimate of drug-likeness (QED) is 0.570. The monoisotopic (exact) mass is 255 g/mol. The minimum atomic E-state index is 0.527. The summed E-state index contributed by atoms with van der Waals surface area (Å²) in [6.45, 7) is 7.56. The van der Waals surface area contributed by atoms with Crippen molar-refractivity contribution in [1.82, 2.24) is 15.0 Å². The smallest absolute Gasteiger partial charge is 0.0829 e. The van der Waals surface area contributed by atoms with E-state index in [2.05, 4.69) is 49.9 Å². The Bertz CT molecular complexity index is 307. The minimum absolute atomic E-state index is 0.527. The molecule has 1 heterocycles.